The van der Waals surface area contributed by atoms with E-state index in [9.17, 15) is 0 Å². The van der Waals surface area contributed by atoms with Crippen molar-refractivity contribution < 1.29 is 4.74 Å². The Bertz CT molecular complexity index is 283. The summed E-state index contributed by atoms with van der Waals surface area (Å²) >= 11 is 0. The van der Waals surface area contributed by atoms with E-state index in [0.29, 0.717) is 5.60 Å². The first-order chi connectivity index (χ1) is 8.36. The van der Waals surface area contributed by atoms with Crippen molar-refractivity contribution in [3.63, 3.8) is 0 Å². The summed E-state index contributed by atoms with van der Waals surface area (Å²) in [6.07, 6.45) is 15.1. The molecule has 96 valence electrons. The molecule has 17 heavy (non-hydrogen) atoms. The van der Waals surface area contributed by atoms with Crippen molar-refractivity contribution >= 4 is 0 Å². The highest BCUT2D eigenvalue weighted by Crippen LogP contribution is 2.42. The molecule has 2 heteroatoms. The van der Waals surface area contributed by atoms with E-state index in [0.717, 1.165) is 18.6 Å². The molecule has 1 saturated heterocycles. The zero-order valence-corrected chi connectivity index (χ0v) is 10.8. The van der Waals surface area contributed by atoms with Crippen molar-refractivity contribution in [1.82, 2.24) is 5.32 Å². The fourth-order valence-electron chi connectivity index (χ4n) is 3.50. The van der Waals surface area contributed by atoms with Crippen LogP contribution in [-0.4, -0.2) is 24.8 Å². The molecule has 2 nitrogen and oxygen atoms in total. The molecule has 3 aliphatic rings. The van der Waals surface area contributed by atoms with E-state index in [1.165, 1.54) is 57.9 Å². The lowest BCUT2D eigenvalue weighted by atomic mass is 9.74. The predicted octanol–water partition coefficient (Wildman–Crippen LogP) is 3.03. The molecule has 3 rings (SSSR count). The first-order valence-electron chi connectivity index (χ1n) is 7.39. The number of rotatable bonds is 3. The third-order valence-electron chi connectivity index (χ3n) is 4.83. The van der Waals surface area contributed by atoms with Crippen LogP contribution in [0.5, 0.6) is 0 Å². The summed E-state index contributed by atoms with van der Waals surface area (Å²) in [4.78, 5) is 0. The number of allylic oxidation sites excluding steroid dienone is 2. The van der Waals surface area contributed by atoms with Crippen LogP contribution in [0, 0.1) is 5.92 Å². The van der Waals surface area contributed by atoms with Crippen LogP contribution in [-0.2, 0) is 4.74 Å². The molecule has 1 N–H and O–H groups in total. The van der Waals surface area contributed by atoms with E-state index < -0.39 is 0 Å². The van der Waals surface area contributed by atoms with Crippen molar-refractivity contribution in [2.45, 2.75) is 63.0 Å². The maximum atomic E-state index is 5.97. The minimum absolute atomic E-state index is 0.294. The second-order valence-corrected chi connectivity index (χ2v) is 6.13. The smallest absolute Gasteiger partial charge is 0.0697 e. The molecule has 0 aromatic carbocycles. The quantitative estimate of drug-likeness (QED) is 0.759. The van der Waals surface area contributed by atoms with Gasteiger partial charge in [-0.2, -0.15) is 0 Å². The van der Waals surface area contributed by atoms with Gasteiger partial charge in [0.1, 0.15) is 0 Å². The van der Waals surface area contributed by atoms with E-state index in [2.05, 4.69) is 17.5 Å². The van der Waals surface area contributed by atoms with Crippen LogP contribution < -0.4 is 5.32 Å². The lowest BCUT2D eigenvalue weighted by Gasteiger charge is -2.47. The summed E-state index contributed by atoms with van der Waals surface area (Å²) in [6.45, 7) is 2.19. The van der Waals surface area contributed by atoms with Crippen LogP contribution in [0.2, 0.25) is 0 Å². The Hall–Kier alpha value is -0.340. The molecule has 1 spiro atoms. The highest BCUT2D eigenvalue weighted by Gasteiger charge is 2.42. The van der Waals surface area contributed by atoms with Gasteiger partial charge in [-0.3, -0.25) is 0 Å². The van der Waals surface area contributed by atoms with Gasteiger partial charge < -0.3 is 10.1 Å². The second-order valence-electron chi connectivity index (χ2n) is 6.13. The summed E-state index contributed by atoms with van der Waals surface area (Å²) in [5.41, 5.74) is 0.294. The molecule has 0 radical (unpaired) electrons. The largest absolute Gasteiger partial charge is 0.375 e. The third kappa shape index (κ3) is 2.74. The fraction of sp³-hybridized carbons (Fsp3) is 0.867. The summed E-state index contributed by atoms with van der Waals surface area (Å²) in [5.74, 6) is 0.875. The van der Waals surface area contributed by atoms with Crippen molar-refractivity contribution in [2.75, 3.05) is 13.2 Å². The Kier molecular flexibility index (Phi) is 3.53. The summed E-state index contributed by atoms with van der Waals surface area (Å²) < 4.78 is 5.97. The van der Waals surface area contributed by atoms with Crippen molar-refractivity contribution in [3.8, 4) is 0 Å². The van der Waals surface area contributed by atoms with Crippen molar-refractivity contribution in [2.24, 2.45) is 5.92 Å². The predicted molar refractivity (Wildman–Crippen MR) is 70.0 cm³/mol. The highest BCUT2D eigenvalue weighted by atomic mass is 16.5. The highest BCUT2D eigenvalue weighted by molar-refractivity contribution is 4.97. The van der Waals surface area contributed by atoms with Gasteiger partial charge in [0.25, 0.3) is 0 Å². The zero-order chi connectivity index (χ0) is 11.6. The van der Waals surface area contributed by atoms with Gasteiger partial charge >= 0.3 is 0 Å². The maximum Gasteiger partial charge on any atom is 0.0697 e. The lowest BCUT2D eigenvalue weighted by Crippen LogP contribution is -2.51. The zero-order valence-electron chi connectivity index (χ0n) is 10.8. The average molecular weight is 235 g/mol. The van der Waals surface area contributed by atoms with Crippen LogP contribution in [0.4, 0.5) is 0 Å². The summed E-state index contributed by atoms with van der Waals surface area (Å²) in [6, 6.07) is 0.718. The number of hydrogen-bond acceptors (Lipinski definition) is 2. The van der Waals surface area contributed by atoms with Gasteiger partial charge in [-0.15, -0.1) is 0 Å². The molecule has 1 aliphatic heterocycles. The Labute approximate surface area is 105 Å². The molecule has 0 aromatic heterocycles. The molecular formula is C15H25NO. The Morgan fingerprint density at radius 3 is 2.88 bits per heavy atom. The molecule has 0 aromatic rings. The first-order valence-corrected chi connectivity index (χ1v) is 7.39. The number of hydrogen-bond donors (Lipinski definition) is 1. The standard InChI is InChI=1S/C15H25NO/c1-2-5-13(6-3-1)12-16-14-7-10-17-15(11-14)8-4-9-15/h1-2,13-14,16H,3-12H2. The van der Waals surface area contributed by atoms with Gasteiger partial charge in [0.05, 0.1) is 5.60 Å². The monoisotopic (exact) mass is 235 g/mol. The molecule has 0 bridgehead atoms. The molecular weight excluding hydrogens is 210 g/mol. The first kappa shape index (κ1) is 11.7. The molecule has 2 atom stereocenters. The summed E-state index contributed by atoms with van der Waals surface area (Å²) in [5, 5.41) is 3.80. The summed E-state index contributed by atoms with van der Waals surface area (Å²) in [7, 11) is 0. The molecule has 2 aliphatic carbocycles. The van der Waals surface area contributed by atoms with Crippen LogP contribution in [0.1, 0.15) is 51.4 Å². The SMILES string of the molecule is C1=CCC(CNC2CCOC3(CCC3)C2)CC1. The number of nitrogens with one attached hydrogen (secondary N) is 1. The normalized spacial score (nSPS) is 35.8. The van der Waals surface area contributed by atoms with E-state index in [1.807, 2.05) is 0 Å². The van der Waals surface area contributed by atoms with Gasteiger partial charge in [-0.1, -0.05) is 12.2 Å². The molecule has 1 heterocycles. The maximum absolute atomic E-state index is 5.97. The molecule has 2 fully saturated rings. The van der Waals surface area contributed by atoms with Crippen LogP contribution in [0.25, 0.3) is 0 Å². The Morgan fingerprint density at radius 1 is 1.24 bits per heavy atom. The van der Waals surface area contributed by atoms with Crippen LogP contribution in [0.15, 0.2) is 12.2 Å². The van der Waals surface area contributed by atoms with E-state index in [1.54, 1.807) is 0 Å². The van der Waals surface area contributed by atoms with Gasteiger partial charge in [0, 0.05) is 12.6 Å². The fourth-order valence-corrected chi connectivity index (χ4v) is 3.50. The number of ether oxygens (including phenoxy) is 1. The average Bonchev–Trinajstić information content (AvgIpc) is 2.36. The Balaban J connectivity index is 1.43. The second kappa shape index (κ2) is 5.11. The molecule has 0 amide bonds. The van der Waals surface area contributed by atoms with Gasteiger partial charge in [0.15, 0.2) is 0 Å². The van der Waals surface area contributed by atoms with Crippen LogP contribution >= 0.6 is 0 Å². The topological polar surface area (TPSA) is 21.3 Å². The lowest BCUT2D eigenvalue weighted by molar-refractivity contribution is -0.135. The minimum Gasteiger partial charge on any atom is -0.375 e. The molecule has 2 unspecified atom stereocenters. The van der Waals surface area contributed by atoms with E-state index >= 15 is 0 Å². The van der Waals surface area contributed by atoms with E-state index in [-0.39, 0.29) is 0 Å². The van der Waals surface area contributed by atoms with E-state index in [4.69, 9.17) is 4.74 Å². The molecule has 1 saturated carbocycles. The van der Waals surface area contributed by atoms with Crippen molar-refractivity contribution in [3.05, 3.63) is 12.2 Å². The van der Waals surface area contributed by atoms with Gasteiger partial charge in [-0.05, 0) is 63.8 Å². The van der Waals surface area contributed by atoms with Gasteiger partial charge in [0.2, 0.25) is 0 Å². The van der Waals surface area contributed by atoms with Gasteiger partial charge in [-0.25, -0.2) is 0 Å². The van der Waals surface area contributed by atoms with Crippen LogP contribution in [0.3, 0.4) is 0 Å². The Morgan fingerprint density at radius 2 is 2.18 bits per heavy atom. The van der Waals surface area contributed by atoms with Crippen molar-refractivity contribution in [1.29, 1.82) is 0 Å². The minimum atomic E-state index is 0.294. The third-order valence-corrected chi connectivity index (χ3v) is 4.83.